The van der Waals surface area contributed by atoms with Crippen molar-refractivity contribution in [3.05, 3.63) is 29.3 Å². The van der Waals surface area contributed by atoms with Gasteiger partial charge in [0.05, 0.1) is 5.56 Å². The van der Waals surface area contributed by atoms with E-state index < -0.39 is 11.7 Å². The van der Waals surface area contributed by atoms with Gasteiger partial charge >= 0.3 is 6.18 Å². The molecule has 0 amide bonds. The molecule has 4 heteroatoms. The van der Waals surface area contributed by atoms with Crippen LogP contribution in [0.5, 0.6) is 0 Å². The van der Waals surface area contributed by atoms with Gasteiger partial charge in [0.25, 0.3) is 0 Å². The second-order valence-corrected chi connectivity index (χ2v) is 4.84. The third-order valence-corrected chi connectivity index (χ3v) is 3.30. The molecule has 0 bridgehead atoms. The van der Waals surface area contributed by atoms with Gasteiger partial charge in [-0.05, 0) is 37.0 Å². The van der Waals surface area contributed by atoms with Crippen molar-refractivity contribution in [2.45, 2.75) is 40.3 Å². The van der Waals surface area contributed by atoms with Crippen molar-refractivity contribution in [2.75, 3.05) is 18.0 Å². The summed E-state index contributed by atoms with van der Waals surface area (Å²) in [6, 6.07) is 3.98. The lowest BCUT2D eigenvalue weighted by atomic mass is 10.1. The number of hydrogen-bond acceptors (Lipinski definition) is 1. The van der Waals surface area contributed by atoms with Crippen LogP contribution in [0.1, 0.15) is 38.3 Å². The fourth-order valence-corrected chi connectivity index (χ4v) is 2.28. The van der Waals surface area contributed by atoms with E-state index in [1.165, 1.54) is 6.07 Å². The van der Waals surface area contributed by atoms with Crippen molar-refractivity contribution in [1.29, 1.82) is 0 Å². The quantitative estimate of drug-likeness (QED) is 0.704. The monoisotopic (exact) mass is 273 g/mol. The molecular weight excluding hydrogens is 251 g/mol. The van der Waals surface area contributed by atoms with Crippen LogP contribution in [0.15, 0.2) is 18.2 Å². The zero-order chi connectivity index (χ0) is 14.6. The lowest BCUT2D eigenvalue weighted by Gasteiger charge is -2.22. The average molecular weight is 273 g/mol. The summed E-state index contributed by atoms with van der Waals surface area (Å²) in [5.74, 6) is 0.559. The first-order chi connectivity index (χ1) is 8.88. The predicted molar refractivity (Wildman–Crippen MR) is 73.5 cm³/mol. The Morgan fingerprint density at radius 2 is 1.84 bits per heavy atom. The molecule has 0 aromatic heterocycles. The highest BCUT2D eigenvalue weighted by molar-refractivity contribution is 5.56. The Kier molecular flexibility index (Phi) is 5.27. The summed E-state index contributed by atoms with van der Waals surface area (Å²) in [6.07, 6.45) is -3.20. The molecule has 1 aliphatic rings. The molecule has 0 radical (unpaired) electrons. The fraction of sp³-hybridized carbons (Fsp3) is 0.600. The van der Waals surface area contributed by atoms with Gasteiger partial charge in [-0.15, -0.1) is 0 Å². The third-order valence-electron chi connectivity index (χ3n) is 3.30. The summed E-state index contributed by atoms with van der Waals surface area (Å²) in [7, 11) is 0. The fourth-order valence-electron chi connectivity index (χ4n) is 2.28. The summed E-state index contributed by atoms with van der Waals surface area (Å²) >= 11 is 0. The van der Waals surface area contributed by atoms with Crippen LogP contribution in [0, 0.1) is 12.8 Å². The van der Waals surface area contributed by atoms with Crippen LogP contribution in [0.25, 0.3) is 0 Å². The summed E-state index contributed by atoms with van der Waals surface area (Å²) < 4.78 is 37.9. The van der Waals surface area contributed by atoms with E-state index >= 15 is 0 Å². The maximum absolute atomic E-state index is 12.6. The second kappa shape index (κ2) is 6.31. The Morgan fingerprint density at radius 3 is 2.32 bits per heavy atom. The minimum Gasteiger partial charge on any atom is -0.371 e. The van der Waals surface area contributed by atoms with E-state index in [0.29, 0.717) is 5.92 Å². The van der Waals surface area contributed by atoms with Gasteiger partial charge in [0, 0.05) is 18.8 Å². The second-order valence-electron chi connectivity index (χ2n) is 4.84. The third kappa shape index (κ3) is 3.88. The van der Waals surface area contributed by atoms with Crippen molar-refractivity contribution < 1.29 is 13.2 Å². The molecule has 1 aliphatic heterocycles. The highest BCUT2D eigenvalue weighted by atomic mass is 19.4. The topological polar surface area (TPSA) is 3.24 Å². The van der Waals surface area contributed by atoms with Crippen molar-refractivity contribution in [1.82, 2.24) is 0 Å². The van der Waals surface area contributed by atoms with Gasteiger partial charge in [-0.3, -0.25) is 0 Å². The summed E-state index contributed by atoms with van der Waals surface area (Å²) in [4.78, 5) is 2.05. The van der Waals surface area contributed by atoms with Gasteiger partial charge < -0.3 is 4.90 Å². The number of aryl methyl sites for hydroxylation is 1. The van der Waals surface area contributed by atoms with E-state index in [0.717, 1.165) is 36.8 Å². The first kappa shape index (κ1) is 15.9. The van der Waals surface area contributed by atoms with Crippen molar-refractivity contribution in [3.63, 3.8) is 0 Å². The number of alkyl halides is 3. The number of rotatable bonds is 1. The Balaban J connectivity index is 0.000000861. The SMILES string of the molecule is CC.Cc1ccc(C(F)(F)F)cc1N1CCC(C)C1. The van der Waals surface area contributed by atoms with Gasteiger partial charge in [-0.2, -0.15) is 13.2 Å². The lowest BCUT2D eigenvalue weighted by molar-refractivity contribution is -0.137. The van der Waals surface area contributed by atoms with Crippen LogP contribution in [0.4, 0.5) is 18.9 Å². The van der Waals surface area contributed by atoms with E-state index in [2.05, 4.69) is 11.8 Å². The van der Waals surface area contributed by atoms with Crippen LogP contribution >= 0.6 is 0 Å². The van der Waals surface area contributed by atoms with E-state index in [-0.39, 0.29) is 0 Å². The molecule has 1 fully saturated rings. The molecule has 1 unspecified atom stereocenters. The maximum atomic E-state index is 12.6. The average Bonchev–Trinajstić information content (AvgIpc) is 2.77. The standard InChI is InChI=1S/C13H16F3N.C2H6/c1-9-5-6-17(8-9)12-7-11(13(14,15)16)4-3-10(12)2;1-2/h3-4,7,9H,5-6,8H2,1-2H3;1-2H3. The molecule has 1 aromatic carbocycles. The highest BCUT2D eigenvalue weighted by Gasteiger charge is 2.31. The first-order valence-electron chi connectivity index (χ1n) is 6.80. The molecule has 19 heavy (non-hydrogen) atoms. The molecule has 0 spiro atoms. The van der Waals surface area contributed by atoms with Crippen LogP contribution in [0.2, 0.25) is 0 Å². The smallest absolute Gasteiger partial charge is 0.371 e. The normalized spacial score (nSPS) is 19.1. The van der Waals surface area contributed by atoms with Crippen molar-refractivity contribution >= 4 is 5.69 Å². The molecule has 0 aliphatic carbocycles. The molecule has 1 heterocycles. The summed E-state index contributed by atoms with van der Waals surface area (Å²) in [5.41, 5.74) is 1.08. The zero-order valence-electron chi connectivity index (χ0n) is 12.0. The minimum atomic E-state index is -4.26. The first-order valence-corrected chi connectivity index (χ1v) is 6.80. The largest absolute Gasteiger partial charge is 0.416 e. The lowest BCUT2D eigenvalue weighted by Crippen LogP contribution is -2.20. The molecule has 1 atom stereocenters. The Bertz CT molecular complexity index is 412. The van der Waals surface area contributed by atoms with Gasteiger partial charge in [-0.1, -0.05) is 26.8 Å². The van der Waals surface area contributed by atoms with Crippen LogP contribution in [-0.4, -0.2) is 13.1 Å². The highest BCUT2D eigenvalue weighted by Crippen LogP contribution is 2.34. The molecule has 1 saturated heterocycles. The van der Waals surface area contributed by atoms with E-state index in [4.69, 9.17) is 0 Å². The zero-order valence-corrected chi connectivity index (χ0v) is 12.0. The van der Waals surface area contributed by atoms with Crippen LogP contribution < -0.4 is 4.90 Å². The predicted octanol–water partition coefficient (Wildman–Crippen LogP) is 4.89. The number of hydrogen-bond donors (Lipinski definition) is 0. The summed E-state index contributed by atoms with van der Waals surface area (Å²) in [5, 5.41) is 0. The van der Waals surface area contributed by atoms with E-state index in [1.54, 1.807) is 6.07 Å². The molecule has 0 saturated carbocycles. The Hall–Kier alpha value is -1.19. The van der Waals surface area contributed by atoms with Gasteiger partial charge in [0.1, 0.15) is 0 Å². The molecule has 2 rings (SSSR count). The van der Waals surface area contributed by atoms with Crippen LogP contribution in [-0.2, 0) is 6.18 Å². The number of halogens is 3. The number of anilines is 1. The number of benzene rings is 1. The van der Waals surface area contributed by atoms with Gasteiger partial charge in [0.2, 0.25) is 0 Å². The Labute approximate surface area is 113 Å². The Morgan fingerprint density at radius 1 is 1.21 bits per heavy atom. The van der Waals surface area contributed by atoms with E-state index in [1.807, 2.05) is 20.8 Å². The van der Waals surface area contributed by atoms with E-state index in [9.17, 15) is 13.2 Å². The minimum absolute atomic E-state index is 0.558. The van der Waals surface area contributed by atoms with Gasteiger partial charge in [-0.25, -0.2) is 0 Å². The number of nitrogens with zero attached hydrogens (tertiary/aromatic N) is 1. The molecular formula is C15H22F3N. The molecule has 1 aromatic rings. The van der Waals surface area contributed by atoms with Crippen molar-refractivity contribution in [2.24, 2.45) is 5.92 Å². The maximum Gasteiger partial charge on any atom is 0.416 e. The van der Waals surface area contributed by atoms with Crippen LogP contribution in [0.3, 0.4) is 0 Å². The molecule has 0 N–H and O–H groups in total. The molecule has 108 valence electrons. The summed E-state index contributed by atoms with van der Waals surface area (Å²) in [6.45, 7) is 9.69. The molecule has 1 nitrogen and oxygen atoms in total. The van der Waals surface area contributed by atoms with Crippen molar-refractivity contribution in [3.8, 4) is 0 Å². The van der Waals surface area contributed by atoms with Gasteiger partial charge in [0.15, 0.2) is 0 Å².